The second-order valence-electron chi connectivity index (χ2n) is 4.83. The van der Waals surface area contributed by atoms with Crippen LogP contribution in [-0.2, 0) is 6.42 Å². The second-order valence-corrected chi connectivity index (χ2v) is 4.83. The minimum Gasteiger partial charge on any atom is -0.490 e. The number of benzene rings is 1. The van der Waals surface area contributed by atoms with Crippen LogP contribution in [0.1, 0.15) is 25.3 Å². The molecule has 0 spiro atoms. The number of rotatable bonds is 6. The van der Waals surface area contributed by atoms with E-state index in [1.807, 2.05) is 24.3 Å². The van der Waals surface area contributed by atoms with Gasteiger partial charge in [0.25, 0.3) is 0 Å². The Labute approximate surface area is 103 Å². The molecule has 1 fully saturated rings. The van der Waals surface area contributed by atoms with E-state index in [4.69, 9.17) is 10.5 Å². The van der Waals surface area contributed by atoms with Gasteiger partial charge in [0.1, 0.15) is 18.0 Å². The normalized spacial score (nSPS) is 18.8. The molecular weight excluding hydrogens is 214 g/mol. The van der Waals surface area contributed by atoms with Gasteiger partial charge in [-0.15, -0.1) is 0 Å². The summed E-state index contributed by atoms with van der Waals surface area (Å²) in [5.74, 6) is 1.18. The molecule has 1 saturated carbocycles. The minimum absolute atomic E-state index is 0.270. The van der Waals surface area contributed by atoms with Crippen molar-refractivity contribution in [2.24, 2.45) is 11.7 Å². The highest BCUT2D eigenvalue weighted by molar-refractivity contribution is 5.33. The Morgan fingerprint density at radius 3 is 2.71 bits per heavy atom. The summed E-state index contributed by atoms with van der Waals surface area (Å²) in [4.78, 5) is 0. The first-order valence-corrected chi connectivity index (χ1v) is 6.32. The van der Waals surface area contributed by atoms with E-state index in [9.17, 15) is 5.11 Å². The SMILES string of the molecule is CCc1ccccc1OCC(O)(CN)C1CC1. The molecule has 2 rings (SSSR count). The first kappa shape index (κ1) is 12.4. The molecule has 0 radical (unpaired) electrons. The summed E-state index contributed by atoms with van der Waals surface area (Å²) in [5, 5.41) is 10.3. The Morgan fingerprint density at radius 1 is 1.41 bits per heavy atom. The van der Waals surface area contributed by atoms with Crippen LogP contribution in [0.2, 0.25) is 0 Å². The number of nitrogens with two attached hydrogens (primary N) is 1. The molecule has 0 saturated heterocycles. The van der Waals surface area contributed by atoms with E-state index in [0.29, 0.717) is 12.5 Å². The van der Waals surface area contributed by atoms with Gasteiger partial charge in [0.15, 0.2) is 0 Å². The predicted molar refractivity (Wildman–Crippen MR) is 68.0 cm³/mol. The Morgan fingerprint density at radius 2 is 2.12 bits per heavy atom. The first-order chi connectivity index (χ1) is 8.19. The molecule has 0 bridgehead atoms. The summed E-state index contributed by atoms with van der Waals surface area (Å²) in [6.07, 6.45) is 3.06. The summed E-state index contributed by atoms with van der Waals surface area (Å²) in [6, 6.07) is 7.95. The van der Waals surface area contributed by atoms with Crippen molar-refractivity contribution >= 4 is 0 Å². The number of hydrogen-bond acceptors (Lipinski definition) is 3. The molecule has 94 valence electrons. The summed E-state index contributed by atoms with van der Waals surface area (Å²) in [5.41, 5.74) is 5.98. The van der Waals surface area contributed by atoms with Gasteiger partial charge in [-0.3, -0.25) is 0 Å². The fourth-order valence-corrected chi connectivity index (χ4v) is 2.10. The smallest absolute Gasteiger partial charge is 0.122 e. The van der Waals surface area contributed by atoms with E-state index >= 15 is 0 Å². The maximum absolute atomic E-state index is 10.3. The van der Waals surface area contributed by atoms with Crippen molar-refractivity contribution < 1.29 is 9.84 Å². The molecular formula is C14H21NO2. The van der Waals surface area contributed by atoms with Crippen LogP contribution >= 0.6 is 0 Å². The Bertz CT molecular complexity index is 376. The highest BCUT2D eigenvalue weighted by Gasteiger charge is 2.43. The molecule has 0 amide bonds. The van der Waals surface area contributed by atoms with Crippen LogP contribution in [0.4, 0.5) is 0 Å². The lowest BCUT2D eigenvalue weighted by Gasteiger charge is -2.26. The third-order valence-electron chi connectivity index (χ3n) is 3.52. The van der Waals surface area contributed by atoms with Crippen LogP contribution in [0.3, 0.4) is 0 Å². The van der Waals surface area contributed by atoms with Crippen LogP contribution in [0.15, 0.2) is 24.3 Å². The van der Waals surface area contributed by atoms with Crippen LogP contribution < -0.4 is 10.5 Å². The zero-order valence-corrected chi connectivity index (χ0v) is 10.4. The summed E-state index contributed by atoms with van der Waals surface area (Å²) < 4.78 is 5.76. The molecule has 3 nitrogen and oxygen atoms in total. The average Bonchev–Trinajstić information content (AvgIpc) is 3.21. The maximum Gasteiger partial charge on any atom is 0.122 e. The van der Waals surface area contributed by atoms with Crippen LogP contribution in [0.25, 0.3) is 0 Å². The molecule has 1 aromatic rings. The standard InChI is InChI=1S/C14H21NO2/c1-2-11-5-3-4-6-13(11)17-10-14(16,9-15)12-7-8-12/h3-6,12,16H,2,7-10,15H2,1H3. The minimum atomic E-state index is -0.846. The van der Waals surface area contributed by atoms with Gasteiger partial charge in [-0.05, 0) is 36.8 Å². The van der Waals surface area contributed by atoms with E-state index in [2.05, 4.69) is 6.92 Å². The largest absolute Gasteiger partial charge is 0.490 e. The lowest BCUT2D eigenvalue weighted by molar-refractivity contribution is -0.0164. The summed E-state index contributed by atoms with van der Waals surface area (Å²) >= 11 is 0. The number of aryl methyl sites for hydroxylation is 1. The van der Waals surface area contributed by atoms with Crippen molar-refractivity contribution in [3.8, 4) is 5.75 Å². The third kappa shape index (κ3) is 2.79. The number of aliphatic hydroxyl groups is 1. The zero-order valence-electron chi connectivity index (χ0n) is 10.4. The van der Waals surface area contributed by atoms with Crippen LogP contribution in [0.5, 0.6) is 5.75 Å². The zero-order chi connectivity index (χ0) is 12.3. The highest BCUT2D eigenvalue weighted by atomic mass is 16.5. The molecule has 3 heteroatoms. The van der Waals surface area contributed by atoms with Crippen LogP contribution in [-0.4, -0.2) is 23.9 Å². The number of hydrogen-bond donors (Lipinski definition) is 2. The van der Waals surface area contributed by atoms with Crippen molar-refractivity contribution in [2.45, 2.75) is 31.8 Å². The lowest BCUT2D eigenvalue weighted by atomic mass is 9.99. The van der Waals surface area contributed by atoms with Crippen molar-refractivity contribution in [2.75, 3.05) is 13.2 Å². The third-order valence-corrected chi connectivity index (χ3v) is 3.52. The topological polar surface area (TPSA) is 55.5 Å². The first-order valence-electron chi connectivity index (χ1n) is 6.32. The molecule has 17 heavy (non-hydrogen) atoms. The molecule has 0 aliphatic heterocycles. The molecule has 1 atom stereocenters. The van der Waals surface area contributed by atoms with Gasteiger partial charge in [-0.25, -0.2) is 0 Å². The highest BCUT2D eigenvalue weighted by Crippen LogP contribution is 2.39. The van der Waals surface area contributed by atoms with Gasteiger partial charge in [-0.1, -0.05) is 25.1 Å². The van der Waals surface area contributed by atoms with E-state index in [-0.39, 0.29) is 6.54 Å². The van der Waals surface area contributed by atoms with Crippen molar-refractivity contribution in [3.63, 3.8) is 0 Å². The quantitative estimate of drug-likeness (QED) is 0.789. The molecule has 0 aromatic heterocycles. The van der Waals surface area contributed by atoms with Crippen molar-refractivity contribution in [1.82, 2.24) is 0 Å². The Kier molecular flexibility index (Phi) is 3.69. The van der Waals surface area contributed by atoms with E-state index in [1.54, 1.807) is 0 Å². The molecule has 1 aromatic carbocycles. The van der Waals surface area contributed by atoms with E-state index in [1.165, 1.54) is 5.56 Å². The van der Waals surface area contributed by atoms with E-state index in [0.717, 1.165) is 25.0 Å². The van der Waals surface area contributed by atoms with Gasteiger partial charge < -0.3 is 15.6 Å². The Balaban J connectivity index is 2.01. The predicted octanol–water partition coefficient (Wildman–Crippen LogP) is 1.73. The van der Waals surface area contributed by atoms with Gasteiger partial charge >= 0.3 is 0 Å². The van der Waals surface area contributed by atoms with Crippen molar-refractivity contribution in [3.05, 3.63) is 29.8 Å². The number of ether oxygens (including phenoxy) is 1. The lowest BCUT2D eigenvalue weighted by Crippen LogP contribution is -2.45. The average molecular weight is 235 g/mol. The molecule has 1 aliphatic rings. The molecule has 0 heterocycles. The molecule has 1 aliphatic carbocycles. The second kappa shape index (κ2) is 5.07. The Hall–Kier alpha value is -1.06. The maximum atomic E-state index is 10.3. The van der Waals surface area contributed by atoms with E-state index < -0.39 is 5.60 Å². The van der Waals surface area contributed by atoms with Crippen LogP contribution in [0, 0.1) is 5.92 Å². The van der Waals surface area contributed by atoms with Gasteiger partial charge in [-0.2, -0.15) is 0 Å². The fraction of sp³-hybridized carbons (Fsp3) is 0.571. The van der Waals surface area contributed by atoms with Gasteiger partial charge in [0.05, 0.1) is 0 Å². The monoisotopic (exact) mass is 235 g/mol. The molecule has 3 N–H and O–H groups in total. The molecule has 1 unspecified atom stereocenters. The summed E-state index contributed by atoms with van der Waals surface area (Å²) in [7, 11) is 0. The summed E-state index contributed by atoms with van der Waals surface area (Å²) in [6.45, 7) is 2.66. The fourth-order valence-electron chi connectivity index (χ4n) is 2.10. The van der Waals surface area contributed by atoms with Gasteiger partial charge in [0.2, 0.25) is 0 Å². The number of para-hydroxylation sites is 1. The van der Waals surface area contributed by atoms with Gasteiger partial charge in [0, 0.05) is 6.54 Å². The van der Waals surface area contributed by atoms with Crippen molar-refractivity contribution in [1.29, 1.82) is 0 Å².